The van der Waals surface area contributed by atoms with E-state index in [0.717, 1.165) is 51.5 Å². The Balaban J connectivity index is 1.49. The molecule has 5 heteroatoms. The number of morpholine rings is 1. The van der Waals surface area contributed by atoms with E-state index in [9.17, 15) is 4.39 Å². The summed E-state index contributed by atoms with van der Waals surface area (Å²) in [6.45, 7) is 6.73. The molecular formula is C15H20ClFN2O. The molecule has 3 nitrogen and oxygen atoms in total. The summed E-state index contributed by atoms with van der Waals surface area (Å²) in [4.78, 5) is 4.85. The highest BCUT2D eigenvalue weighted by atomic mass is 35.5. The maximum absolute atomic E-state index is 13.7. The largest absolute Gasteiger partial charge is 0.379 e. The Kier molecular flexibility index (Phi) is 4.56. The van der Waals surface area contributed by atoms with Crippen molar-refractivity contribution >= 4 is 11.6 Å². The average Bonchev–Trinajstić information content (AvgIpc) is 2.43. The fourth-order valence-corrected chi connectivity index (χ4v) is 3.12. The number of alkyl halides is 1. The summed E-state index contributed by atoms with van der Waals surface area (Å²) in [5.41, 5.74) is 1.60. The lowest BCUT2D eigenvalue weighted by Gasteiger charge is -2.46. The van der Waals surface area contributed by atoms with Crippen LogP contribution in [0.2, 0.25) is 0 Å². The molecule has 110 valence electrons. The third-order valence-electron chi connectivity index (χ3n) is 4.17. The number of hydrogen-bond donors (Lipinski definition) is 0. The predicted molar refractivity (Wildman–Crippen MR) is 77.4 cm³/mol. The van der Waals surface area contributed by atoms with Crippen LogP contribution < -0.4 is 0 Å². The van der Waals surface area contributed by atoms with Crippen LogP contribution >= 0.6 is 11.6 Å². The Hall–Kier alpha value is -0.680. The van der Waals surface area contributed by atoms with Crippen molar-refractivity contribution < 1.29 is 9.13 Å². The maximum Gasteiger partial charge on any atom is 0.127 e. The van der Waals surface area contributed by atoms with Crippen LogP contribution in [0.15, 0.2) is 18.2 Å². The van der Waals surface area contributed by atoms with E-state index >= 15 is 0 Å². The lowest BCUT2D eigenvalue weighted by atomic mass is 10.0. The van der Waals surface area contributed by atoms with E-state index in [4.69, 9.17) is 16.3 Å². The van der Waals surface area contributed by atoms with Crippen molar-refractivity contribution in [1.29, 1.82) is 0 Å². The van der Waals surface area contributed by atoms with Crippen LogP contribution in [0.25, 0.3) is 0 Å². The fourth-order valence-electron chi connectivity index (χ4n) is 2.90. The van der Waals surface area contributed by atoms with E-state index < -0.39 is 0 Å². The molecule has 2 heterocycles. The van der Waals surface area contributed by atoms with Crippen LogP contribution in [0.5, 0.6) is 0 Å². The van der Waals surface area contributed by atoms with E-state index in [1.807, 2.05) is 6.07 Å². The zero-order valence-corrected chi connectivity index (χ0v) is 12.3. The summed E-state index contributed by atoms with van der Waals surface area (Å²) in [5, 5.41) is 0. The van der Waals surface area contributed by atoms with Crippen molar-refractivity contribution in [2.45, 2.75) is 18.5 Å². The number of rotatable bonds is 4. The van der Waals surface area contributed by atoms with Gasteiger partial charge in [0.2, 0.25) is 0 Å². The van der Waals surface area contributed by atoms with E-state index in [1.54, 1.807) is 12.1 Å². The van der Waals surface area contributed by atoms with Gasteiger partial charge in [-0.05, 0) is 11.6 Å². The second-order valence-corrected chi connectivity index (χ2v) is 5.82. The summed E-state index contributed by atoms with van der Waals surface area (Å²) in [5.74, 6) is 0.0392. The summed E-state index contributed by atoms with van der Waals surface area (Å²) in [6, 6.07) is 6.02. The van der Waals surface area contributed by atoms with Gasteiger partial charge in [0, 0.05) is 44.3 Å². The van der Waals surface area contributed by atoms with Gasteiger partial charge in [0.05, 0.1) is 19.1 Å². The minimum absolute atomic E-state index is 0.192. The molecule has 2 aliphatic heterocycles. The molecule has 0 bridgehead atoms. The van der Waals surface area contributed by atoms with Gasteiger partial charge in [-0.25, -0.2) is 4.39 Å². The van der Waals surface area contributed by atoms with Gasteiger partial charge in [0.15, 0.2) is 0 Å². The highest BCUT2D eigenvalue weighted by Crippen LogP contribution is 2.20. The number of ether oxygens (including phenoxy) is 1. The van der Waals surface area contributed by atoms with Crippen molar-refractivity contribution in [2.24, 2.45) is 0 Å². The molecule has 0 spiro atoms. The molecule has 0 amide bonds. The first-order valence-electron chi connectivity index (χ1n) is 7.13. The van der Waals surface area contributed by atoms with E-state index in [2.05, 4.69) is 9.80 Å². The first-order chi connectivity index (χ1) is 9.76. The molecule has 0 saturated carbocycles. The smallest absolute Gasteiger partial charge is 0.127 e. The average molecular weight is 299 g/mol. The second-order valence-electron chi connectivity index (χ2n) is 5.56. The zero-order valence-electron chi connectivity index (χ0n) is 11.5. The summed E-state index contributed by atoms with van der Waals surface area (Å²) in [6.07, 6.45) is 0. The van der Waals surface area contributed by atoms with Gasteiger partial charge in [-0.2, -0.15) is 0 Å². The molecule has 3 rings (SSSR count). The minimum Gasteiger partial charge on any atom is -0.379 e. The Morgan fingerprint density at radius 2 is 2.00 bits per heavy atom. The molecule has 0 unspecified atom stereocenters. The zero-order chi connectivity index (χ0) is 13.9. The van der Waals surface area contributed by atoms with Gasteiger partial charge < -0.3 is 4.74 Å². The molecule has 0 atom stereocenters. The molecule has 2 saturated heterocycles. The molecule has 0 radical (unpaired) electrons. The predicted octanol–water partition coefficient (Wildman–Crippen LogP) is 2.08. The van der Waals surface area contributed by atoms with E-state index in [-0.39, 0.29) is 11.7 Å². The minimum atomic E-state index is -0.192. The molecule has 0 N–H and O–H groups in total. The Morgan fingerprint density at radius 3 is 2.65 bits per heavy atom. The van der Waals surface area contributed by atoms with Crippen molar-refractivity contribution in [1.82, 2.24) is 9.80 Å². The molecule has 0 aromatic heterocycles. The summed E-state index contributed by atoms with van der Waals surface area (Å²) in [7, 11) is 0. The third-order valence-corrected chi connectivity index (χ3v) is 4.46. The number of benzene rings is 1. The quantitative estimate of drug-likeness (QED) is 0.792. The van der Waals surface area contributed by atoms with Crippen molar-refractivity contribution in [3.8, 4) is 0 Å². The molecule has 2 aliphatic rings. The molecular weight excluding hydrogens is 279 g/mol. The Morgan fingerprint density at radius 1 is 1.25 bits per heavy atom. The Bertz CT molecular complexity index is 459. The lowest BCUT2D eigenvalue weighted by molar-refractivity contribution is -0.0344. The number of nitrogens with zero attached hydrogens (tertiary/aromatic N) is 2. The van der Waals surface area contributed by atoms with Gasteiger partial charge in [-0.1, -0.05) is 12.1 Å². The molecule has 1 aromatic rings. The fraction of sp³-hybridized carbons (Fsp3) is 0.600. The molecule has 2 fully saturated rings. The van der Waals surface area contributed by atoms with Gasteiger partial charge in [-0.15, -0.1) is 11.6 Å². The van der Waals surface area contributed by atoms with Crippen LogP contribution in [0.1, 0.15) is 11.1 Å². The normalized spacial score (nSPS) is 21.9. The first-order valence-corrected chi connectivity index (χ1v) is 7.67. The topological polar surface area (TPSA) is 15.7 Å². The van der Waals surface area contributed by atoms with Gasteiger partial charge >= 0.3 is 0 Å². The van der Waals surface area contributed by atoms with Gasteiger partial charge in [-0.3, -0.25) is 9.80 Å². The monoisotopic (exact) mass is 298 g/mol. The van der Waals surface area contributed by atoms with Gasteiger partial charge in [0.25, 0.3) is 0 Å². The number of hydrogen-bond acceptors (Lipinski definition) is 3. The van der Waals surface area contributed by atoms with E-state index in [0.29, 0.717) is 11.6 Å². The highest BCUT2D eigenvalue weighted by Gasteiger charge is 2.32. The SMILES string of the molecule is Fc1cc(CN2CC(N3CCOCC3)C2)ccc1CCl. The third kappa shape index (κ3) is 3.14. The summed E-state index contributed by atoms with van der Waals surface area (Å²) < 4.78 is 19.0. The van der Waals surface area contributed by atoms with E-state index in [1.165, 1.54) is 0 Å². The van der Waals surface area contributed by atoms with Crippen molar-refractivity contribution in [2.75, 3.05) is 39.4 Å². The van der Waals surface area contributed by atoms with Crippen LogP contribution in [-0.2, 0) is 17.2 Å². The van der Waals surface area contributed by atoms with Crippen molar-refractivity contribution in [3.63, 3.8) is 0 Å². The van der Waals surface area contributed by atoms with Crippen LogP contribution in [0, 0.1) is 5.82 Å². The van der Waals surface area contributed by atoms with Crippen LogP contribution in [-0.4, -0.2) is 55.2 Å². The second kappa shape index (κ2) is 6.39. The maximum atomic E-state index is 13.7. The molecule has 1 aromatic carbocycles. The van der Waals surface area contributed by atoms with Gasteiger partial charge in [0.1, 0.15) is 5.82 Å². The molecule has 20 heavy (non-hydrogen) atoms. The standard InChI is InChI=1S/C15H20ClFN2O/c16-8-13-2-1-12(7-15(13)17)9-18-10-14(11-18)19-3-5-20-6-4-19/h1-2,7,14H,3-6,8-11H2. The van der Waals surface area contributed by atoms with Crippen LogP contribution in [0.3, 0.4) is 0 Å². The summed E-state index contributed by atoms with van der Waals surface area (Å²) >= 11 is 5.67. The number of likely N-dealkylation sites (tertiary alicyclic amines) is 1. The number of halogens is 2. The molecule has 0 aliphatic carbocycles. The highest BCUT2D eigenvalue weighted by molar-refractivity contribution is 6.17. The van der Waals surface area contributed by atoms with Crippen molar-refractivity contribution in [3.05, 3.63) is 35.1 Å². The van der Waals surface area contributed by atoms with Crippen LogP contribution in [0.4, 0.5) is 4.39 Å². The lowest BCUT2D eigenvalue weighted by Crippen LogP contribution is -2.60. The Labute approximate surface area is 124 Å². The first kappa shape index (κ1) is 14.3.